The number of halogens is 1. The van der Waals surface area contributed by atoms with Crippen LogP contribution in [0.1, 0.15) is 52.9 Å². The van der Waals surface area contributed by atoms with Crippen LogP contribution in [0.4, 0.5) is 4.79 Å². The minimum Gasteiger partial charge on any atom is -0.341 e. The quantitative estimate of drug-likeness (QED) is 0.662. The minimum atomic E-state index is -0.833. The van der Waals surface area contributed by atoms with E-state index in [1.807, 2.05) is 4.90 Å². The zero-order valence-corrected chi connectivity index (χ0v) is 18.6. The van der Waals surface area contributed by atoms with E-state index in [0.717, 1.165) is 45.4 Å². The van der Waals surface area contributed by atoms with Gasteiger partial charge in [0, 0.05) is 13.1 Å². The van der Waals surface area contributed by atoms with Crippen LogP contribution in [-0.4, -0.2) is 65.9 Å². The van der Waals surface area contributed by atoms with E-state index in [1.54, 1.807) is 0 Å². The molecule has 1 spiro atoms. The second kappa shape index (κ2) is 8.06. The minimum absolute atomic E-state index is 0. The van der Waals surface area contributed by atoms with Crippen LogP contribution in [0.3, 0.4) is 0 Å². The van der Waals surface area contributed by atoms with E-state index in [2.05, 4.69) is 31.4 Å². The molecule has 2 N–H and O–H groups in total. The van der Waals surface area contributed by atoms with Gasteiger partial charge in [0.15, 0.2) is 0 Å². The molecule has 29 heavy (non-hydrogen) atoms. The maximum absolute atomic E-state index is 13.2. The van der Waals surface area contributed by atoms with Crippen molar-refractivity contribution in [3.8, 4) is 0 Å². The molecule has 1 aliphatic carbocycles. The first kappa shape index (κ1) is 22.3. The lowest BCUT2D eigenvalue weighted by Crippen LogP contribution is -2.54. The van der Waals surface area contributed by atoms with Gasteiger partial charge in [-0.15, -0.1) is 12.4 Å². The van der Waals surface area contributed by atoms with E-state index in [1.165, 1.54) is 4.90 Å². The fourth-order valence-corrected chi connectivity index (χ4v) is 6.35. The number of carbonyl (C=O) groups excluding carboxylic acids is 3. The van der Waals surface area contributed by atoms with Gasteiger partial charge in [-0.05, 0) is 68.4 Å². The molecule has 0 aromatic heterocycles. The molecule has 4 aliphatic rings. The van der Waals surface area contributed by atoms with Gasteiger partial charge in [-0.25, -0.2) is 4.79 Å². The maximum Gasteiger partial charge on any atom is 0.325 e. The molecule has 7 nitrogen and oxygen atoms in total. The Morgan fingerprint density at radius 3 is 2.31 bits per heavy atom. The first-order valence-corrected chi connectivity index (χ1v) is 10.8. The molecular formula is C21H35ClN4O3. The summed E-state index contributed by atoms with van der Waals surface area (Å²) >= 11 is 0. The van der Waals surface area contributed by atoms with Crippen molar-refractivity contribution in [3.05, 3.63) is 0 Å². The van der Waals surface area contributed by atoms with Crippen molar-refractivity contribution in [1.29, 1.82) is 0 Å². The Morgan fingerprint density at radius 1 is 1.10 bits per heavy atom. The first-order chi connectivity index (χ1) is 13.2. The SMILES string of the molecule is CC1CC(C)(C)CC2(C1)NC(=O)N(CC(=O)N1CC[C@@H]3CNC[C@@H]3CC1)C2=O.Cl. The van der Waals surface area contributed by atoms with Gasteiger partial charge in [-0.1, -0.05) is 20.8 Å². The summed E-state index contributed by atoms with van der Waals surface area (Å²) in [5.74, 6) is 1.34. The molecule has 4 atom stereocenters. The lowest BCUT2D eigenvalue weighted by molar-refractivity contribution is -0.140. The third-order valence-electron chi connectivity index (χ3n) is 7.29. The average molecular weight is 427 g/mol. The molecule has 8 heteroatoms. The number of rotatable bonds is 2. The molecule has 164 valence electrons. The van der Waals surface area contributed by atoms with Crippen molar-refractivity contribution >= 4 is 30.3 Å². The van der Waals surface area contributed by atoms with Crippen molar-refractivity contribution in [2.45, 2.75) is 58.4 Å². The summed E-state index contributed by atoms with van der Waals surface area (Å²) in [5, 5.41) is 6.41. The van der Waals surface area contributed by atoms with E-state index >= 15 is 0 Å². The standard InChI is InChI=1S/C21H34N4O3.ClH/c1-14-8-20(2,3)13-21(9-14)18(27)25(19(28)23-21)12-17(26)24-6-4-15-10-22-11-16(15)5-7-24;/h14-16,22H,4-13H2,1-3H3,(H,23,28);1H/t14?,15-,16+,21?;. The number of likely N-dealkylation sites (tertiary alicyclic amines) is 1. The van der Waals surface area contributed by atoms with Crippen molar-refractivity contribution < 1.29 is 14.4 Å². The normalized spacial score (nSPS) is 36.4. The average Bonchev–Trinajstić information content (AvgIpc) is 3.04. The van der Waals surface area contributed by atoms with Gasteiger partial charge in [0.25, 0.3) is 5.91 Å². The predicted molar refractivity (Wildman–Crippen MR) is 113 cm³/mol. The summed E-state index contributed by atoms with van der Waals surface area (Å²) in [4.78, 5) is 41.8. The number of carbonyl (C=O) groups is 3. The van der Waals surface area contributed by atoms with E-state index in [-0.39, 0.29) is 36.2 Å². The molecular weight excluding hydrogens is 392 g/mol. The Hall–Kier alpha value is -1.34. The Bertz CT molecular complexity index is 671. The number of hydrogen-bond acceptors (Lipinski definition) is 4. The lowest BCUT2D eigenvalue weighted by Gasteiger charge is -2.43. The molecule has 0 bridgehead atoms. The summed E-state index contributed by atoms with van der Waals surface area (Å²) in [5.41, 5.74) is -0.836. The van der Waals surface area contributed by atoms with Crippen LogP contribution >= 0.6 is 12.4 Å². The van der Waals surface area contributed by atoms with Crippen molar-refractivity contribution in [2.75, 3.05) is 32.7 Å². The van der Waals surface area contributed by atoms with Crippen LogP contribution in [0.25, 0.3) is 0 Å². The molecule has 1 saturated carbocycles. The van der Waals surface area contributed by atoms with Crippen LogP contribution in [0.2, 0.25) is 0 Å². The highest BCUT2D eigenvalue weighted by Crippen LogP contribution is 2.46. The number of fused-ring (bicyclic) bond motifs is 1. The Balaban J connectivity index is 0.00000240. The van der Waals surface area contributed by atoms with Gasteiger partial charge in [-0.3, -0.25) is 14.5 Å². The summed E-state index contributed by atoms with van der Waals surface area (Å²) in [6.07, 6.45) is 4.34. The summed E-state index contributed by atoms with van der Waals surface area (Å²) in [6.45, 7) is 9.84. The van der Waals surface area contributed by atoms with E-state index < -0.39 is 11.6 Å². The van der Waals surface area contributed by atoms with Gasteiger partial charge in [0.1, 0.15) is 12.1 Å². The van der Waals surface area contributed by atoms with Crippen LogP contribution < -0.4 is 10.6 Å². The summed E-state index contributed by atoms with van der Waals surface area (Å²) < 4.78 is 0. The Labute approximate surface area is 179 Å². The highest BCUT2D eigenvalue weighted by Gasteiger charge is 2.56. The van der Waals surface area contributed by atoms with Crippen LogP contribution in [-0.2, 0) is 9.59 Å². The summed E-state index contributed by atoms with van der Waals surface area (Å²) in [6, 6.07) is -0.404. The van der Waals surface area contributed by atoms with Crippen molar-refractivity contribution in [1.82, 2.24) is 20.4 Å². The van der Waals surface area contributed by atoms with Crippen LogP contribution in [0.5, 0.6) is 0 Å². The number of amides is 4. The fourth-order valence-electron chi connectivity index (χ4n) is 6.35. The highest BCUT2D eigenvalue weighted by atomic mass is 35.5. The van der Waals surface area contributed by atoms with Gasteiger partial charge in [0.2, 0.25) is 5.91 Å². The number of hydrogen-bond donors (Lipinski definition) is 2. The molecule has 4 fully saturated rings. The van der Waals surface area contributed by atoms with Crippen LogP contribution in [0, 0.1) is 23.2 Å². The molecule has 0 aromatic rings. The number of urea groups is 1. The predicted octanol–water partition coefficient (Wildman–Crippen LogP) is 2.00. The highest BCUT2D eigenvalue weighted by molar-refractivity contribution is 6.09. The molecule has 0 radical (unpaired) electrons. The monoisotopic (exact) mass is 426 g/mol. The zero-order valence-electron chi connectivity index (χ0n) is 17.8. The second-order valence-electron chi connectivity index (χ2n) is 10.4. The second-order valence-corrected chi connectivity index (χ2v) is 10.4. The molecule has 2 unspecified atom stereocenters. The molecule has 4 amide bonds. The molecule has 3 heterocycles. The van der Waals surface area contributed by atoms with Gasteiger partial charge in [-0.2, -0.15) is 0 Å². The van der Waals surface area contributed by atoms with Crippen molar-refractivity contribution in [2.24, 2.45) is 23.2 Å². The number of imide groups is 1. The van der Waals surface area contributed by atoms with Gasteiger partial charge >= 0.3 is 6.03 Å². The van der Waals surface area contributed by atoms with Crippen LogP contribution in [0.15, 0.2) is 0 Å². The Kier molecular flexibility index (Phi) is 6.21. The number of nitrogens with zero attached hydrogens (tertiary/aromatic N) is 2. The molecule has 3 saturated heterocycles. The number of nitrogens with one attached hydrogen (secondary N) is 2. The molecule has 3 aliphatic heterocycles. The van der Waals surface area contributed by atoms with Gasteiger partial charge < -0.3 is 15.5 Å². The smallest absolute Gasteiger partial charge is 0.325 e. The largest absolute Gasteiger partial charge is 0.341 e. The van der Waals surface area contributed by atoms with Gasteiger partial charge in [0.05, 0.1) is 0 Å². The lowest BCUT2D eigenvalue weighted by atomic mass is 9.64. The molecule has 0 aromatic carbocycles. The van der Waals surface area contributed by atoms with E-state index in [4.69, 9.17) is 0 Å². The van der Waals surface area contributed by atoms with Crippen molar-refractivity contribution in [3.63, 3.8) is 0 Å². The maximum atomic E-state index is 13.2. The third kappa shape index (κ3) is 4.26. The molecule has 4 rings (SSSR count). The van der Waals surface area contributed by atoms with E-state index in [0.29, 0.717) is 30.6 Å². The summed E-state index contributed by atoms with van der Waals surface area (Å²) in [7, 11) is 0. The van der Waals surface area contributed by atoms with E-state index in [9.17, 15) is 14.4 Å². The third-order valence-corrected chi connectivity index (χ3v) is 7.29. The Morgan fingerprint density at radius 2 is 1.72 bits per heavy atom. The topological polar surface area (TPSA) is 81.8 Å². The first-order valence-electron chi connectivity index (χ1n) is 10.8. The zero-order chi connectivity index (χ0) is 20.1. The fraction of sp³-hybridized carbons (Fsp3) is 0.857.